The molecule has 0 fully saturated rings. The van der Waals surface area contributed by atoms with Crippen molar-refractivity contribution in [2.45, 2.75) is 0 Å². The van der Waals surface area contributed by atoms with Gasteiger partial charge in [0.15, 0.2) is 5.82 Å². The fraction of sp³-hybridized carbons (Fsp3) is 0. The zero-order chi connectivity index (χ0) is 29.0. The summed E-state index contributed by atoms with van der Waals surface area (Å²) in [5.74, 6) is 2.18. The number of fused-ring (bicyclic) bond motifs is 6. The lowest BCUT2D eigenvalue weighted by atomic mass is 10.2. The molecule has 5 aromatic carbocycles. The van der Waals surface area contributed by atoms with E-state index < -0.39 is 0 Å². The molecule has 0 radical (unpaired) electrons. The van der Waals surface area contributed by atoms with E-state index in [9.17, 15) is 0 Å². The number of pyridine rings is 1. The van der Waals surface area contributed by atoms with Crippen LogP contribution in [0.15, 0.2) is 146 Å². The molecule has 9 rings (SSSR count). The van der Waals surface area contributed by atoms with Crippen LogP contribution in [0.25, 0.3) is 60.9 Å². The average Bonchev–Trinajstić information content (AvgIpc) is 3.78. The maximum absolute atomic E-state index is 6.40. The van der Waals surface area contributed by atoms with Gasteiger partial charge in [-0.3, -0.25) is 9.13 Å². The monoisotopic (exact) mass is 568 g/mol. The summed E-state index contributed by atoms with van der Waals surface area (Å²) in [6.07, 6.45) is 3.79. The van der Waals surface area contributed by atoms with Gasteiger partial charge in [0.1, 0.15) is 17.1 Å². The van der Waals surface area contributed by atoms with E-state index in [0.29, 0.717) is 5.75 Å². The van der Waals surface area contributed by atoms with E-state index in [-0.39, 0.29) is 0 Å². The van der Waals surface area contributed by atoms with Crippen molar-refractivity contribution in [3.05, 3.63) is 146 Å². The molecule has 0 spiro atoms. The number of ether oxygens (including phenoxy) is 1. The van der Waals surface area contributed by atoms with Crippen LogP contribution < -0.4 is 4.74 Å². The lowest BCUT2D eigenvalue weighted by Crippen LogP contribution is -1.97. The van der Waals surface area contributed by atoms with Gasteiger partial charge >= 0.3 is 0 Å². The second-order valence-corrected chi connectivity index (χ2v) is 10.7. The van der Waals surface area contributed by atoms with Gasteiger partial charge in [-0.05, 0) is 54.6 Å². The third kappa shape index (κ3) is 3.80. The third-order valence-electron chi connectivity index (χ3n) is 8.12. The number of hydrogen-bond acceptors (Lipinski definition) is 4. The summed E-state index contributed by atoms with van der Waals surface area (Å²) in [6.45, 7) is 0. The summed E-state index contributed by atoms with van der Waals surface area (Å²) in [6, 6.07) is 45.2. The molecule has 0 atom stereocenters. The van der Waals surface area contributed by atoms with E-state index in [2.05, 4.69) is 104 Å². The molecule has 4 aromatic heterocycles. The molecule has 208 valence electrons. The van der Waals surface area contributed by atoms with Crippen LogP contribution >= 0.6 is 0 Å². The van der Waals surface area contributed by atoms with Gasteiger partial charge < -0.3 is 4.74 Å². The predicted molar refractivity (Wildman–Crippen MR) is 174 cm³/mol. The van der Waals surface area contributed by atoms with Gasteiger partial charge in [-0.15, -0.1) is 5.10 Å². The van der Waals surface area contributed by atoms with E-state index >= 15 is 0 Å². The number of para-hydroxylation sites is 3. The van der Waals surface area contributed by atoms with E-state index in [4.69, 9.17) is 9.72 Å². The molecule has 0 bridgehead atoms. The molecule has 0 amide bonds. The van der Waals surface area contributed by atoms with Crippen molar-refractivity contribution < 1.29 is 4.74 Å². The summed E-state index contributed by atoms with van der Waals surface area (Å²) >= 11 is 0. The van der Waals surface area contributed by atoms with Crippen molar-refractivity contribution in [1.29, 1.82) is 0 Å². The Kier molecular flexibility index (Phi) is 5.36. The molecule has 0 aliphatic heterocycles. The SMILES string of the molecule is c1cc(Oc2cccc(-n3c4ccccc4c4cccnc43)c2)cc(-n2cc(-n3c4ccccc4c4ccccc43)nn2)c1. The summed E-state index contributed by atoms with van der Waals surface area (Å²) in [7, 11) is 0. The molecule has 7 heteroatoms. The number of rotatable bonds is 5. The van der Waals surface area contributed by atoms with Crippen molar-refractivity contribution in [3.8, 4) is 28.7 Å². The second-order valence-electron chi connectivity index (χ2n) is 10.7. The molecule has 44 heavy (non-hydrogen) atoms. The first-order valence-corrected chi connectivity index (χ1v) is 14.5. The summed E-state index contributed by atoms with van der Waals surface area (Å²) in [4.78, 5) is 4.71. The highest BCUT2D eigenvalue weighted by Crippen LogP contribution is 2.34. The van der Waals surface area contributed by atoms with Gasteiger partial charge in [-0.25, -0.2) is 9.67 Å². The van der Waals surface area contributed by atoms with Crippen LogP contribution in [0.5, 0.6) is 11.5 Å². The molecule has 0 saturated heterocycles. The summed E-state index contributed by atoms with van der Waals surface area (Å²) in [5.41, 5.74) is 6.04. The Bertz CT molecular complexity index is 2400. The van der Waals surface area contributed by atoms with Crippen molar-refractivity contribution in [3.63, 3.8) is 0 Å². The molecule has 0 saturated carbocycles. The lowest BCUT2D eigenvalue weighted by molar-refractivity contribution is 0.482. The quantitative estimate of drug-likeness (QED) is 0.208. The van der Waals surface area contributed by atoms with Crippen molar-refractivity contribution >= 4 is 43.7 Å². The highest BCUT2D eigenvalue weighted by atomic mass is 16.5. The molecular formula is C37H24N6O. The van der Waals surface area contributed by atoms with Crippen LogP contribution in [-0.2, 0) is 0 Å². The first-order valence-electron chi connectivity index (χ1n) is 14.5. The average molecular weight is 569 g/mol. The molecule has 7 nitrogen and oxygen atoms in total. The number of hydrogen-bond donors (Lipinski definition) is 0. The van der Waals surface area contributed by atoms with Crippen molar-refractivity contribution in [2.24, 2.45) is 0 Å². The smallest absolute Gasteiger partial charge is 0.180 e. The number of nitrogens with zero attached hydrogens (tertiary/aromatic N) is 6. The maximum Gasteiger partial charge on any atom is 0.180 e. The van der Waals surface area contributed by atoms with E-state index in [1.807, 2.05) is 60.9 Å². The molecule has 9 aromatic rings. The topological polar surface area (TPSA) is 62.7 Å². The van der Waals surface area contributed by atoms with Gasteiger partial charge in [0, 0.05) is 39.9 Å². The Morgan fingerprint density at radius 1 is 0.500 bits per heavy atom. The normalized spacial score (nSPS) is 11.6. The van der Waals surface area contributed by atoms with Crippen LogP contribution in [0.1, 0.15) is 0 Å². The minimum atomic E-state index is 0.703. The fourth-order valence-corrected chi connectivity index (χ4v) is 6.22. The third-order valence-corrected chi connectivity index (χ3v) is 8.12. The maximum atomic E-state index is 6.40. The fourth-order valence-electron chi connectivity index (χ4n) is 6.22. The molecular weight excluding hydrogens is 544 g/mol. The van der Waals surface area contributed by atoms with Crippen LogP contribution in [0, 0.1) is 0 Å². The van der Waals surface area contributed by atoms with Crippen LogP contribution in [0.2, 0.25) is 0 Å². The Balaban J connectivity index is 1.07. The minimum absolute atomic E-state index is 0.703. The van der Waals surface area contributed by atoms with Crippen LogP contribution in [0.4, 0.5) is 0 Å². The van der Waals surface area contributed by atoms with Gasteiger partial charge in [-0.1, -0.05) is 71.9 Å². The zero-order valence-electron chi connectivity index (χ0n) is 23.4. The van der Waals surface area contributed by atoms with E-state index in [1.165, 1.54) is 16.2 Å². The molecule has 0 aliphatic rings. The molecule has 4 heterocycles. The first-order chi connectivity index (χ1) is 21.8. The summed E-state index contributed by atoms with van der Waals surface area (Å²) < 4.78 is 12.5. The largest absolute Gasteiger partial charge is 0.457 e. The summed E-state index contributed by atoms with van der Waals surface area (Å²) in [5, 5.41) is 13.7. The Morgan fingerprint density at radius 2 is 1.07 bits per heavy atom. The standard InChI is InChI=1S/C37H24N6O/c1-5-19-34-29(14-1)30-15-2-6-20-35(30)43(34)36-24-41(40-39-36)25-10-7-12-27(22-25)44-28-13-8-11-26(23-28)42-33-18-4-3-16-31(33)32-17-9-21-38-37(32)42/h1-24H. The highest BCUT2D eigenvalue weighted by molar-refractivity contribution is 6.09. The van der Waals surface area contributed by atoms with Gasteiger partial charge in [0.25, 0.3) is 0 Å². The second kappa shape index (κ2) is 9.68. The van der Waals surface area contributed by atoms with Crippen molar-refractivity contribution in [1.82, 2.24) is 29.1 Å². The highest BCUT2D eigenvalue weighted by Gasteiger charge is 2.16. The molecule has 0 N–H and O–H groups in total. The van der Waals surface area contributed by atoms with Gasteiger partial charge in [0.05, 0.1) is 34.1 Å². The Labute approximate surface area is 251 Å². The van der Waals surface area contributed by atoms with E-state index in [1.54, 1.807) is 4.68 Å². The first kappa shape index (κ1) is 24.4. The Morgan fingerprint density at radius 3 is 1.77 bits per heavy atom. The minimum Gasteiger partial charge on any atom is -0.457 e. The van der Waals surface area contributed by atoms with Crippen molar-refractivity contribution in [2.75, 3.05) is 0 Å². The van der Waals surface area contributed by atoms with Crippen LogP contribution in [0.3, 0.4) is 0 Å². The predicted octanol–water partition coefficient (Wildman–Crippen LogP) is 8.65. The number of benzene rings is 5. The van der Waals surface area contributed by atoms with E-state index in [0.717, 1.165) is 50.5 Å². The number of aromatic nitrogens is 6. The van der Waals surface area contributed by atoms with Crippen LogP contribution in [-0.4, -0.2) is 29.1 Å². The molecule has 0 aliphatic carbocycles. The zero-order valence-corrected chi connectivity index (χ0v) is 23.4. The van der Waals surface area contributed by atoms with Gasteiger partial charge in [-0.2, -0.15) is 0 Å². The Hall–Kier alpha value is -6.21. The lowest BCUT2D eigenvalue weighted by Gasteiger charge is -2.11. The van der Waals surface area contributed by atoms with Gasteiger partial charge in [0.2, 0.25) is 0 Å². The molecule has 0 unspecified atom stereocenters.